The van der Waals surface area contributed by atoms with Gasteiger partial charge in [-0.2, -0.15) is 0 Å². The van der Waals surface area contributed by atoms with Crippen LogP contribution in [0.2, 0.25) is 0 Å². The van der Waals surface area contributed by atoms with E-state index in [1.165, 1.54) is 6.92 Å². The first kappa shape index (κ1) is 16.6. The molecule has 0 radical (unpaired) electrons. The first-order chi connectivity index (χ1) is 11.5. The molecule has 0 aliphatic carbocycles. The minimum atomic E-state index is -0.148. The van der Waals surface area contributed by atoms with Gasteiger partial charge in [0.15, 0.2) is 0 Å². The molecule has 1 heterocycles. The Morgan fingerprint density at radius 2 is 1.96 bits per heavy atom. The quantitative estimate of drug-likeness (QED) is 0.892. The fraction of sp³-hybridized carbons (Fsp3) is 0.263. The van der Waals surface area contributed by atoms with Gasteiger partial charge in [-0.05, 0) is 36.8 Å². The maximum atomic E-state index is 13.1. The van der Waals surface area contributed by atoms with Gasteiger partial charge in [0.1, 0.15) is 0 Å². The fourth-order valence-corrected chi connectivity index (χ4v) is 3.90. The molecule has 0 bridgehead atoms. The Hall–Kier alpha value is -2.27. The lowest BCUT2D eigenvalue weighted by atomic mass is 10.1. The van der Waals surface area contributed by atoms with Gasteiger partial charge in [-0.15, -0.1) is 11.8 Å². The third kappa shape index (κ3) is 3.62. The summed E-state index contributed by atoms with van der Waals surface area (Å²) in [7, 11) is 0. The van der Waals surface area contributed by atoms with E-state index in [4.69, 9.17) is 0 Å². The second-order valence-corrected chi connectivity index (χ2v) is 7.38. The molecule has 24 heavy (non-hydrogen) atoms. The summed E-state index contributed by atoms with van der Waals surface area (Å²) in [5.74, 6) is -0.186. The van der Waals surface area contributed by atoms with Crippen molar-refractivity contribution in [3.63, 3.8) is 0 Å². The lowest BCUT2D eigenvalue weighted by Gasteiger charge is -2.22. The summed E-state index contributed by atoms with van der Waals surface area (Å²) >= 11 is 1.81. The van der Waals surface area contributed by atoms with Gasteiger partial charge in [0.25, 0.3) is 5.91 Å². The topological polar surface area (TPSA) is 49.4 Å². The normalized spacial score (nSPS) is 16.9. The van der Waals surface area contributed by atoms with Gasteiger partial charge >= 0.3 is 0 Å². The molecule has 1 aliphatic rings. The van der Waals surface area contributed by atoms with Crippen LogP contribution in [0.3, 0.4) is 0 Å². The fourth-order valence-electron chi connectivity index (χ4n) is 2.79. The molecule has 0 fully saturated rings. The highest BCUT2D eigenvalue weighted by molar-refractivity contribution is 8.00. The second kappa shape index (κ2) is 7.09. The Bertz CT molecular complexity index is 775. The second-order valence-electron chi connectivity index (χ2n) is 5.90. The first-order valence-corrected chi connectivity index (χ1v) is 8.88. The van der Waals surface area contributed by atoms with E-state index in [0.717, 1.165) is 17.0 Å². The molecule has 0 saturated heterocycles. The summed E-state index contributed by atoms with van der Waals surface area (Å²) in [6.07, 6.45) is 0.941. The van der Waals surface area contributed by atoms with Crippen molar-refractivity contribution in [1.29, 1.82) is 0 Å². The number of carbonyl (C=O) groups is 2. The Morgan fingerprint density at radius 1 is 1.17 bits per heavy atom. The van der Waals surface area contributed by atoms with Gasteiger partial charge in [0.2, 0.25) is 5.91 Å². The van der Waals surface area contributed by atoms with E-state index >= 15 is 0 Å². The summed E-state index contributed by atoms with van der Waals surface area (Å²) in [4.78, 5) is 27.3. The molecule has 0 saturated carbocycles. The van der Waals surface area contributed by atoms with Crippen molar-refractivity contribution in [3.8, 4) is 0 Å². The molecule has 5 heteroatoms. The van der Waals surface area contributed by atoms with Gasteiger partial charge in [-0.1, -0.05) is 25.1 Å². The number of nitrogens with zero attached hydrogens (tertiary/aromatic N) is 1. The Kier molecular flexibility index (Phi) is 4.90. The Balaban J connectivity index is 1.93. The minimum Gasteiger partial charge on any atom is -0.326 e. The molecule has 2 amide bonds. The molecule has 4 nitrogen and oxygen atoms in total. The van der Waals surface area contributed by atoms with Gasteiger partial charge in [0.05, 0.1) is 5.69 Å². The smallest absolute Gasteiger partial charge is 0.258 e. The van der Waals surface area contributed by atoms with Crippen molar-refractivity contribution in [1.82, 2.24) is 0 Å². The molecular formula is C19H20N2O2S. The minimum absolute atomic E-state index is 0.0376. The highest BCUT2D eigenvalue weighted by atomic mass is 32.2. The van der Waals surface area contributed by atoms with Crippen LogP contribution in [0.4, 0.5) is 11.4 Å². The number of nitrogens with one attached hydrogen (secondary N) is 1. The van der Waals surface area contributed by atoms with Gasteiger partial charge in [-0.25, -0.2) is 0 Å². The number of para-hydroxylation sites is 1. The largest absolute Gasteiger partial charge is 0.326 e. The molecule has 3 rings (SSSR count). The first-order valence-electron chi connectivity index (χ1n) is 8.00. The van der Waals surface area contributed by atoms with Crippen LogP contribution in [0.5, 0.6) is 0 Å². The highest BCUT2D eigenvalue weighted by Gasteiger charge is 2.25. The molecule has 1 aliphatic heterocycles. The average Bonchev–Trinajstić information content (AvgIpc) is 2.72. The van der Waals surface area contributed by atoms with Crippen LogP contribution in [-0.2, 0) is 4.79 Å². The van der Waals surface area contributed by atoms with Gasteiger partial charge in [-0.3, -0.25) is 9.59 Å². The van der Waals surface area contributed by atoms with E-state index in [2.05, 4.69) is 18.3 Å². The standard InChI is InChI=1S/C19H20N2O2S/c1-13-10-11-21(17-8-3-4-9-18(17)24-13)19(23)15-6-5-7-16(12-15)20-14(2)22/h3-9,12-13H,10-11H2,1-2H3,(H,20,22)/t13-/m0/s1. The summed E-state index contributed by atoms with van der Waals surface area (Å²) < 4.78 is 0. The van der Waals surface area contributed by atoms with Crippen molar-refractivity contribution in [2.24, 2.45) is 0 Å². The predicted octanol–water partition coefficient (Wildman–Crippen LogP) is 4.18. The summed E-state index contributed by atoms with van der Waals surface area (Å²) in [6, 6.07) is 15.1. The summed E-state index contributed by atoms with van der Waals surface area (Å²) in [5, 5.41) is 3.20. The number of rotatable bonds is 2. The molecule has 1 atom stereocenters. The Labute approximate surface area is 146 Å². The summed E-state index contributed by atoms with van der Waals surface area (Å²) in [5.41, 5.74) is 2.18. The van der Waals surface area contributed by atoms with Crippen LogP contribution >= 0.6 is 11.8 Å². The van der Waals surface area contributed by atoms with Crippen LogP contribution in [-0.4, -0.2) is 23.6 Å². The zero-order valence-electron chi connectivity index (χ0n) is 13.8. The van der Waals surface area contributed by atoms with Crippen molar-refractivity contribution in [2.45, 2.75) is 30.4 Å². The van der Waals surface area contributed by atoms with E-state index in [1.807, 2.05) is 34.9 Å². The lowest BCUT2D eigenvalue weighted by Crippen LogP contribution is -2.32. The van der Waals surface area contributed by atoms with E-state index in [-0.39, 0.29) is 11.8 Å². The number of fused-ring (bicyclic) bond motifs is 1. The highest BCUT2D eigenvalue weighted by Crippen LogP contribution is 2.37. The lowest BCUT2D eigenvalue weighted by molar-refractivity contribution is -0.114. The molecular weight excluding hydrogens is 320 g/mol. The monoisotopic (exact) mass is 340 g/mol. The number of thioether (sulfide) groups is 1. The van der Waals surface area contributed by atoms with Crippen molar-refractivity contribution >= 4 is 35.0 Å². The maximum absolute atomic E-state index is 13.1. The third-order valence-electron chi connectivity index (χ3n) is 3.92. The number of benzene rings is 2. The van der Waals surface area contributed by atoms with Crippen molar-refractivity contribution in [3.05, 3.63) is 54.1 Å². The van der Waals surface area contributed by atoms with Gasteiger partial charge < -0.3 is 10.2 Å². The molecule has 2 aromatic carbocycles. The van der Waals surface area contributed by atoms with E-state index < -0.39 is 0 Å². The number of amides is 2. The van der Waals surface area contributed by atoms with Crippen LogP contribution < -0.4 is 10.2 Å². The molecule has 124 valence electrons. The molecule has 2 aromatic rings. The predicted molar refractivity (Wildman–Crippen MR) is 98.8 cm³/mol. The van der Waals surface area contributed by atoms with Crippen molar-refractivity contribution in [2.75, 3.05) is 16.8 Å². The third-order valence-corrected chi connectivity index (χ3v) is 5.16. The molecule has 1 N–H and O–H groups in total. The molecule has 0 aromatic heterocycles. The van der Waals surface area contributed by atoms with Crippen molar-refractivity contribution < 1.29 is 9.59 Å². The molecule has 0 spiro atoms. The van der Waals surface area contributed by atoms with Crippen LogP contribution in [0.25, 0.3) is 0 Å². The van der Waals surface area contributed by atoms with E-state index in [0.29, 0.717) is 23.0 Å². The van der Waals surface area contributed by atoms with Crippen LogP contribution in [0.1, 0.15) is 30.6 Å². The number of hydrogen-bond donors (Lipinski definition) is 1. The van der Waals surface area contributed by atoms with Gasteiger partial charge in [0, 0.05) is 34.9 Å². The molecule has 0 unspecified atom stereocenters. The SMILES string of the molecule is CC(=O)Nc1cccc(C(=O)N2CC[C@H](C)Sc3ccccc32)c1. The van der Waals surface area contributed by atoms with E-state index in [1.54, 1.807) is 24.3 Å². The average molecular weight is 340 g/mol. The van der Waals surface area contributed by atoms with Crippen LogP contribution in [0, 0.1) is 0 Å². The zero-order valence-corrected chi connectivity index (χ0v) is 14.6. The van der Waals surface area contributed by atoms with Crippen LogP contribution in [0.15, 0.2) is 53.4 Å². The number of hydrogen-bond acceptors (Lipinski definition) is 3. The number of carbonyl (C=O) groups excluding carboxylic acids is 2. The van der Waals surface area contributed by atoms with E-state index in [9.17, 15) is 9.59 Å². The number of anilines is 2. The Morgan fingerprint density at radius 3 is 2.75 bits per heavy atom. The summed E-state index contributed by atoms with van der Waals surface area (Å²) in [6.45, 7) is 4.33. The maximum Gasteiger partial charge on any atom is 0.258 e. The zero-order chi connectivity index (χ0) is 17.1.